The molecule has 0 spiro atoms. The van der Waals surface area contributed by atoms with Crippen molar-refractivity contribution in [2.45, 2.75) is 32.4 Å². The third kappa shape index (κ3) is 6.45. The van der Waals surface area contributed by atoms with Crippen molar-refractivity contribution in [2.24, 2.45) is 16.5 Å². The molecule has 7 heteroatoms. The standard InChI is InChI=1S/C29H30N6O/c1-29(2,25-11-5-20(15-30)6-12-25)26-13-7-21(8-14-26)17-34-19-24(16-31)28(36)35-18-22-3-9-23(10-4-22)27(32)33/h3-14,16,19H,17-18,31H2,1-2H3,(H3,32,33)(H,35,36)/b24-16+,34-19?. The minimum absolute atomic E-state index is 0.000181. The summed E-state index contributed by atoms with van der Waals surface area (Å²) in [6.45, 7) is 5.03. The number of carbonyl (C=O) groups excluding carboxylic acids is 1. The van der Waals surface area contributed by atoms with E-state index in [9.17, 15) is 4.79 Å². The van der Waals surface area contributed by atoms with Crippen LogP contribution in [-0.2, 0) is 23.3 Å². The Morgan fingerprint density at radius 3 is 2.08 bits per heavy atom. The largest absolute Gasteiger partial charge is 0.404 e. The number of nitrogens with one attached hydrogen (secondary N) is 2. The lowest BCUT2D eigenvalue weighted by molar-refractivity contribution is -0.117. The van der Waals surface area contributed by atoms with E-state index in [0.717, 1.165) is 22.3 Å². The second-order valence-electron chi connectivity index (χ2n) is 8.90. The average molecular weight is 479 g/mol. The molecule has 0 aliphatic heterocycles. The van der Waals surface area contributed by atoms with Crippen molar-refractivity contribution in [3.63, 3.8) is 0 Å². The molecule has 0 bridgehead atoms. The molecule has 0 aliphatic carbocycles. The second-order valence-corrected chi connectivity index (χ2v) is 8.90. The normalized spacial score (nSPS) is 11.8. The van der Waals surface area contributed by atoms with E-state index in [1.165, 1.54) is 12.4 Å². The number of nitriles is 1. The molecule has 0 radical (unpaired) electrons. The van der Waals surface area contributed by atoms with E-state index >= 15 is 0 Å². The lowest BCUT2D eigenvalue weighted by Gasteiger charge is -2.26. The van der Waals surface area contributed by atoms with Crippen LogP contribution in [0.1, 0.15) is 47.2 Å². The number of nitrogens with two attached hydrogens (primary N) is 2. The Morgan fingerprint density at radius 1 is 1.00 bits per heavy atom. The maximum absolute atomic E-state index is 12.5. The van der Waals surface area contributed by atoms with Gasteiger partial charge in [-0.2, -0.15) is 5.26 Å². The van der Waals surface area contributed by atoms with Gasteiger partial charge in [-0.05, 0) is 34.4 Å². The summed E-state index contributed by atoms with van der Waals surface area (Å²) in [4.78, 5) is 16.9. The molecule has 0 saturated carbocycles. The second kappa shape index (κ2) is 11.6. The zero-order chi connectivity index (χ0) is 26.1. The maximum atomic E-state index is 12.5. The molecule has 3 rings (SSSR count). The maximum Gasteiger partial charge on any atom is 0.254 e. The fourth-order valence-electron chi connectivity index (χ4n) is 3.67. The van der Waals surface area contributed by atoms with Crippen LogP contribution in [0.25, 0.3) is 0 Å². The van der Waals surface area contributed by atoms with Gasteiger partial charge in [0.15, 0.2) is 0 Å². The molecule has 0 aliphatic rings. The Morgan fingerprint density at radius 2 is 1.56 bits per heavy atom. The smallest absolute Gasteiger partial charge is 0.254 e. The predicted molar refractivity (Wildman–Crippen MR) is 143 cm³/mol. The van der Waals surface area contributed by atoms with Gasteiger partial charge in [-0.1, -0.05) is 74.5 Å². The van der Waals surface area contributed by atoms with E-state index in [2.05, 4.69) is 42.4 Å². The summed E-state index contributed by atoms with van der Waals surface area (Å²) < 4.78 is 0. The summed E-state index contributed by atoms with van der Waals surface area (Å²) in [6.07, 6.45) is 2.71. The molecule has 0 fully saturated rings. The van der Waals surface area contributed by atoms with E-state index in [0.29, 0.717) is 24.2 Å². The number of hydrogen-bond donors (Lipinski definition) is 4. The van der Waals surface area contributed by atoms with Gasteiger partial charge < -0.3 is 16.8 Å². The molecule has 3 aromatic rings. The van der Waals surface area contributed by atoms with E-state index in [1.807, 2.05) is 48.5 Å². The van der Waals surface area contributed by atoms with Crippen molar-refractivity contribution in [3.05, 3.63) is 118 Å². The van der Waals surface area contributed by atoms with Crippen LogP contribution in [0.15, 0.2) is 89.6 Å². The summed E-state index contributed by atoms with van der Waals surface area (Å²) >= 11 is 0. The highest BCUT2D eigenvalue weighted by atomic mass is 16.1. The van der Waals surface area contributed by atoms with Crippen molar-refractivity contribution in [1.29, 1.82) is 10.7 Å². The Kier molecular flexibility index (Phi) is 8.37. The van der Waals surface area contributed by atoms with Crippen molar-refractivity contribution in [1.82, 2.24) is 5.32 Å². The molecular weight excluding hydrogens is 448 g/mol. The number of nitrogens with zero attached hydrogens (tertiary/aromatic N) is 2. The molecule has 0 atom stereocenters. The van der Waals surface area contributed by atoms with E-state index in [-0.39, 0.29) is 22.7 Å². The number of carbonyl (C=O) groups is 1. The number of amides is 1. The summed E-state index contributed by atoms with van der Waals surface area (Å²) in [5, 5.41) is 19.3. The Labute approximate surface area is 211 Å². The van der Waals surface area contributed by atoms with Crippen LogP contribution in [0.2, 0.25) is 0 Å². The molecule has 0 saturated heterocycles. The zero-order valence-electron chi connectivity index (χ0n) is 20.5. The molecule has 36 heavy (non-hydrogen) atoms. The third-order valence-corrected chi connectivity index (χ3v) is 6.08. The van der Waals surface area contributed by atoms with E-state index in [4.69, 9.17) is 22.1 Å². The van der Waals surface area contributed by atoms with Gasteiger partial charge in [0.25, 0.3) is 5.91 Å². The van der Waals surface area contributed by atoms with Crippen LogP contribution in [0, 0.1) is 16.7 Å². The average Bonchev–Trinajstić information content (AvgIpc) is 2.90. The van der Waals surface area contributed by atoms with Crippen LogP contribution >= 0.6 is 0 Å². The summed E-state index contributed by atoms with van der Waals surface area (Å²) in [5.41, 5.74) is 16.6. The van der Waals surface area contributed by atoms with Gasteiger partial charge in [0.2, 0.25) is 0 Å². The van der Waals surface area contributed by atoms with Gasteiger partial charge in [0.05, 0.1) is 23.8 Å². The number of hydrogen-bond acceptors (Lipinski definition) is 5. The van der Waals surface area contributed by atoms with Crippen LogP contribution in [0.3, 0.4) is 0 Å². The quantitative estimate of drug-likeness (QED) is 0.210. The summed E-state index contributed by atoms with van der Waals surface area (Å²) in [6, 6.07) is 25.1. The predicted octanol–water partition coefficient (Wildman–Crippen LogP) is 3.90. The van der Waals surface area contributed by atoms with Crippen molar-refractivity contribution >= 4 is 18.0 Å². The minimum atomic E-state index is -0.323. The third-order valence-electron chi connectivity index (χ3n) is 6.08. The highest BCUT2D eigenvalue weighted by molar-refractivity contribution is 6.12. The van der Waals surface area contributed by atoms with Gasteiger partial charge in [-0.3, -0.25) is 15.2 Å². The van der Waals surface area contributed by atoms with E-state index < -0.39 is 0 Å². The number of aliphatic imine (C=N–C) groups is 1. The lowest BCUT2D eigenvalue weighted by Crippen LogP contribution is -2.25. The van der Waals surface area contributed by atoms with Gasteiger partial charge in [-0.15, -0.1) is 0 Å². The lowest BCUT2D eigenvalue weighted by atomic mass is 9.78. The molecule has 1 amide bonds. The minimum Gasteiger partial charge on any atom is -0.404 e. The molecule has 0 heterocycles. The summed E-state index contributed by atoms with van der Waals surface area (Å²) in [7, 11) is 0. The van der Waals surface area contributed by atoms with Crippen molar-refractivity contribution < 1.29 is 4.79 Å². The zero-order valence-corrected chi connectivity index (χ0v) is 20.5. The Bertz CT molecular complexity index is 1310. The fourth-order valence-corrected chi connectivity index (χ4v) is 3.67. The SMILES string of the molecule is CC(C)(c1ccc(C#N)cc1)c1ccc(CN=C/C(=C\N)C(=O)NCc2ccc(C(=N)N)cc2)cc1. The van der Waals surface area contributed by atoms with Crippen LogP contribution in [0.5, 0.6) is 0 Å². The van der Waals surface area contributed by atoms with Crippen LogP contribution < -0.4 is 16.8 Å². The molecule has 7 nitrogen and oxygen atoms in total. The Balaban J connectivity index is 1.57. The number of nitrogen functional groups attached to an aromatic ring is 1. The highest BCUT2D eigenvalue weighted by Gasteiger charge is 2.22. The molecule has 182 valence electrons. The molecule has 6 N–H and O–H groups in total. The molecular formula is C29H30N6O. The highest BCUT2D eigenvalue weighted by Crippen LogP contribution is 2.31. The summed E-state index contributed by atoms with van der Waals surface area (Å²) in [5.74, 6) is -0.323. The molecule has 3 aromatic carbocycles. The number of rotatable bonds is 9. The first kappa shape index (κ1) is 25.9. The van der Waals surface area contributed by atoms with Crippen LogP contribution in [-0.4, -0.2) is 18.0 Å². The van der Waals surface area contributed by atoms with Gasteiger partial charge in [0, 0.05) is 29.9 Å². The molecule has 0 aromatic heterocycles. The number of benzene rings is 3. The fraction of sp³-hybridized carbons (Fsp3) is 0.172. The van der Waals surface area contributed by atoms with Crippen molar-refractivity contribution in [2.75, 3.05) is 0 Å². The van der Waals surface area contributed by atoms with Gasteiger partial charge in [-0.25, -0.2) is 0 Å². The Hall–Kier alpha value is -4.70. The topological polar surface area (TPSA) is 141 Å². The number of amidine groups is 1. The van der Waals surface area contributed by atoms with Crippen LogP contribution in [0.4, 0.5) is 0 Å². The first-order valence-electron chi connectivity index (χ1n) is 11.5. The first-order chi connectivity index (χ1) is 17.2. The van der Waals surface area contributed by atoms with Crippen molar-refractivity contribution in [3.8, 4) is 6.07 Å². The first-order valence-corrected chi connectivity index (χ1v) is 11.5. The molecule has 0 unspecified atom stereocenters. The monoisotopic (exact) mass is 478 g/mol. The van der Waals surface area contributed by atoms with Gasteiger partial charge >= 0.3 is 0 Å². The van der Waals surface area contributed by atoms with E-state index in [1.54, 1.807) is 12.1 Å². The van der Waals surface area contributed by atoms with Gasteiger partial charge in [0.1, 0.15) is 5.84 Å².